The average molecular weight is 588 g/mol. The fraction of sp³-hybridized carbons (Fsp3) is 0.483. The van der Waals surface area contributed by atoms with Gasteiger partial charge in [0.1, 0.15) is 5.69 Å². The molecule has 1 saturated carbocycles. The second kappa shape index (κ2) is 10.2. The second-order valence-electron chi connectivity index (χ2n) is 11.2. The number of imide groups is 1. The summed E-state index contributed by atoms with van der Waals surface area (Å²) in [5, 5.41) is 0. The number of fused-ring (bicyclic) bond motifs is 2. The van der Waals surface area contributed by atoms with Crippen molar-refractivity contribution in [3.05, 3.63) is 46.1 Å². The van der Waals surface area contributed by atoms with Gasteiger partial charge in [-0.3, -0.25) is 24.3 Å². The Bertz CT molecular complexity index is 1540. The lowest BCUT2D eigenvalue weighted by atomic mass is 9.99. The molecule has 41 heavy (non-hydrogen) atoms. The zero-order valence-corrected chi connectivity index (χ0v) is 24.3. The highest BCUT2D eigenvalue weighted by atomic mass is 32.1. The highest BCUT2D eigenvalue weighted by Crippen LogP contribution is 2.63. The third kappa shape index (κ3) is 4.80. The largest absolute Gasteiger partial charge is 0.433 e. The molecule has 1 aliphatic carbocycles. The third-order valence-electron chi connectivity index (χ3n) is 8.16. The lowest BCUT2D eigenvalue weighted by Crippen LogP contribution is -2.35. The number of piperidine rings is 1. The standard InChI is InChI=1S/C27H26F3N5O3S.C2H6/c1-12-8-17(27(28,29)30)33-21(18(12)23(36)34-7-5-13(31)10-34)15-4-6-32-16-9-14(39-22(15)16)11-35-24(37)19-20(25(35)38)26(19,2)3;1-2/h4,6,8-9,13,19-20H,5,7,10-11,31H2,1-3H3;1-2H3. The number of aryl methyl sites for hydroxylation is 1. The zero-order valence-electron chi connectivity index (χ0n) is 23.5. The molecule has 2 N–H and O–H groups in total. The molecule has 8 nitrogen and oxygen atoms in total. The first-order valence-corrected chi connectivity index (χ1v) is 14.5. The molecule has 6 rings (SSSR count). The van der Waals surface area contributed by atoms with Crippen LogP contribution in [0.1, 0.15) is 60.6 Å². The van der Waals surface area contributed by atoms with E-state index in [1.807, 2.05) is 27.7 Å². The predicted molar refractivity (Wildman–Crippen MR) is 149 cm³/mol. The molecule has 3 aliphatic rings. The van der Waals surface area contributed by atoms with Gasteiger partial charge in [-0.25, -0.2) is 4.98 Å². The molecule has 0 bridgehead atoms. The molecular formula is C29H32F3N5O3S. The number of aromatic nitrogens is 2. The molecule has 3 atom stereocenters. The van der Waals surface area contributed by atoms with Gasteiger partial charge in [0.05, 0.1) is 39.9 Å². The molecule has 3 unspecified atom stereocenters. The van der Waals surface area contributed by atoms with Gasteiger partial charge in [-0.05, 0) is 42.5 Å². The monoisotopic (exact) mass is 587 g/mol. The molecule has 218 valence electrons. The van der Waals surface area contributed by atoms with Gasteiger partial charge in [-0.2, -0.15) is 13.2 Å². The van der Waals surface area contributed by atoms with E-state index in [2.05, 4.69) is 9.97 Å². The maximum atomic E-state index is 13.8. The van der Waals surface area contributed by atoms with Crippen molar-refractivity contribution in [3.8, 4) is 11.3 Å². The van der Waals surface area contributed by atoms with Gasteiger partial charge < -0.3 is 10.6 Å². The summed E-state index contributed by atoms with van der Waals surface area (Å²) in [6, 6.07) is 3.96. The van der Waals surface area contributed by atoms with Crippen LogP contribution in [0.2, 0.25) is 0 Å². The number of hydrogen-bond acceptors (Lipinski definition) is 7. The molecular weight excluding hydrogens is 555 g/mol. The van der Waals surface area contributed by atoms with E-state index in [0.29, 0.717) is 40.2 Å². The van der Waals surface area contributed by atoms with Crippen LogP contribution in [0.5, 0.6) is 0 Å². The molecule has 2 aliphatic heterocycles. The Labute approximate surface area is 239 Å². The van der Waals surface area contributed by atoms with E-state index in [0.717, 1.165) is 6.07 Å². The minimum absolute atomic E-state index is 0.0632. The zero-order chi connectivity index (χ0) is 30.0. The van der Waals surface area contributed by atoms with E-state index in [1.165, 1.54) is 29.4 Å². The number of halogens is 3. The first-order chi connectivity index (χ1) is 19.3. The normalized spacial score (nSPS) is 23.1. The smallest absolute Gasteiger partial charge is 0.337 e. The summed E-state index contributed by atoms with van der Waals surface area (Å²) in [7, 11) is 0. The highest BCUT2D eigenvalue weighted by molar-refractivity contribution is 7.19. The Kier molecular flexibility index (Phi) is 7.22. The summed E-state index contributed by atoms with van der Waals surface area (Å²) in [4.78, 5) is 51.0. The Morgan fingerprint density at radius 2 is 1.83 bits per heavy atom. The number of nitrogens with zero attached hydrogens (tertiary/aromatic N) is 4. The third-order valence-corrected chi connectivity index (χ3v) is 9.30. The fourth-order valence-corrected chi connectivity index (χ4v) is 7.10. The van der Waals surface area contributed by atoms with Crippen molar-refractivity contribution in [2.24, 2.45) is 23.0 Å². The Hall–Kier alpha value is -3.38. The number of pyridine rings is 2. The number of carbonyl (C=O) groups excluding carboxylic acids is 3. The number of likely N-dealkylation sites (tertiary alicyclic amines) is 2. The van der Waals surface area contributed by atoms with Gasteiger partial charge >= 0.3 is 6.18 Å². The van der Waals surface area contributed by atoms with Gasteiger partial charge in [0.15, 0.2) is 0 Å². The summed E-state index contributed by atoms with van der Waals surface area (Å²) in [5.41, 5.74) is 5.55. The van der Waals surface area contributed by atoms with E-state index in [-0.39, 0.29) is 58.5 Å². The van der Waals surface area contributed by atoms with Crippen LogP contribution in [0.3, 0.4) is 0 Å². The van der Waals surface area contributed by atoms with E-state index in [1.54, 1.807) is 17.0 Å². The maximum absolute atomic E-state index is 13.8. The van der Waals surface area contributed by atoms with Gasteiger partial charge in [-0.1, -0.05) is 27.7 Å². The average Bonchev–Trinajstić information content (AvgIpc) is 3.30. The van der Waals surface area contributed by atoms with Crippen LogP contribution in [0, 0.1) is 24.2 Å². The van der Waals surface area contributed by atoms with Gasteiger partial charge in [0.2, 0.25) is 11.8 Å². The molecule has 12 heteroatoms. The number of thiophene rings is 1. The van der Waals surface area contributed by atoms with E-state index in [9.17, 15) is 27.6 Å². The molecule has 0 radical (unpaired) electrons. The number of alkyl halides is 3. The summed E-state index contributed by atoms with van der Waals surface area (Å²) in [5.74, 6) is -1.44. The molecule has 0 aromatic carbocycles. The lowest BCUT2D eigenvalue weighted by Gasteiger charge is -2.21. The summed E-state index contributed by atoms with van der Waals surface area (Å²) < 4.78 is 41.9. The molecule has 2 saturated heterocycles. The van der Waals surface area contributed by atoms with Crippen molar-refractivity contribution in [3.63, 3.8) is 0 Å². The van der Waals surface area contributed by atoms with Gasteiger partial charge in [0.25, 0.3) is 5.91 Å². The first-order valence-electron chi connectivity index (χ1n) is 13.7. The topological polar surface area (TPSA) is 109 Å². The summed E-state index contributed by atoms with van der Waals surface area (Å²) in [6.07, 6.45) is -2.65. The van der Waals surface area contributed by atoms with Crippen LogP contribution in [0.25, 0.3) is 21.5 Å². The molecule has 3 fully saturated rings. The quantitative estimate of drug-likeness (QED) is 0.429. The number of rotatable bonds is 4. The molecule has 3 aromatic rings. The van der Waals surface area contributed by atoms with Crippen molar-refractivity contribution < 1.29 is 27.6 Å². The van der Waals surface area contributed by atoms with Crippen LogP contribution in [-0.4, -0.2) is 56.6 Å². The molecule has 3 aromatic heterocycles. The lowest BCUT2D eigenvalue weighted by molar-refractivity contribution is -0.144. The van der Waals surface area contributed by atoms with Crippen molar-refractivity contribution in [2.75, 3.05) is 13.1 Å². The van der Waals surface area contributed by atoms with E-state index >= 15 is 0 Å². The number of amides is 3. The van der Waals surface area contributed by atoms with Crippen molar-refractivity contribution in [1.82, 2.24) is 19.8 Å². The summed E-state index contributed by atoms with van der Waals surface area (Å²) in [6.45, 7) is 10.1. The minimum atomic E-state index is -4.71. The highest BCUT2D eigenvalue weighted by Gasteiger charge is 2.72. The summed E-state index contributed by atoms with van der Waals surface area (Å²) >= 11 is 1.22. The molecule has 5 heterocycles. The van der Waals surface area contributed by atoms with Crippen molar-refractivity contribution in [1.29, 1.82) is 0 Å². The number of hydrogen-bond donors (Lipinski definition) is 1. The van der Waals surface area contributed by atoms with E-state index in [4.69, 9.17) is 5.73 Å². The van der Waals surface area contributed by atoms with Crippen LogP contribution in [-0.2, 0) is 22.3 Å². The van der Waals surface area contributed by atoms with Gasteiger partial charge in [-0.15, -0.1) is 11.3 Å². The number of nitrogens with two attached hydrogens (primary N) is 1. The minimum Gasteiger partial charge on any atom is -0.337 e. The SMILES string of the molecule is CC.Cc1cc(C(F)(F)F)nc(-c2ccnc3cc(CN4C(=O)C5C(C4=O)C5(C)C)sc23)c1C(=O)N1CCC(N)C1. The second-order valence-corrected chi connectivity index (χ2v) is 12.3. The molecule has 3 amide bonds. The predicted octanol–water partition coefficient (Wildman–Crippen LogP) is 5.03. The van der Waals surface area contributed by atoms with E-state index < -0.39 is 17.8 Å². The van der Waals surface area contributed by atoms with Crippen LogP contribution < -0.4 is 5.73 Å². The first kappa shape index (κ1) is 29.1. The Morgan fingerprint density at radius 3 is 2.41 bits per heavy atom. The van der Waals surface area contributed by atoms with Crippen molar-refractivity contribution in [2.45, 2.75) is 59.8 Å². The van der Waals surface area contributed by atoms with Gasteiger partial charge in [0, 0.05) is 35.8 Å². The Morgan fingerprint density at radius 1 is 1.17 bits per heavy atom. The maximum Gasteiger partial charge on any atom is 0.433 e. The molecule has 0 spiro atoms. The van der Waals surface area contributed by atoms with Crippen molar-refractivity contribution >= 4 is 39.3 Å². The fourth-order valence-electron chi connectivity index (χ4n) is 5.98. The van der Waals surface area contributed by atoms with Crippen LogP contribution in [0.15, 0.2) is 24.4 Å². The van der Waals surface area contributed by atoms with Crippen LogP contribution >= 0.6 is 11.3 Å². The Balaban J connectivity index is 0.00000165. The van der Waals surface area contributed by atoms with Crippen LogP contribution in [0.4, 0.5) is 13.2 Å². The number of carbonyl (C=O) groups is 3.